The molecule has 1 N–H and O–H groups in total. The summed E-state index contributed by atoms with van der Waals surface area (Å²) in [5, 5.41) is 9.17. The van der Waals surface area contributed by atoms with Crippen LogP contribution in [0.2, 0.25) is 0 Å². The quantitative estimate of drug-likeness (QED) is 0.548. The molecule has 0 saturated heterocycles. The maximum absolute atomic E-state index is 11.9. The van der Waals surface area contributed by atoms with Crippen molar-refractivity contribution in [2.45, 2.75) is 30.7 Å². The van der Waals surface area contributed by atoms with Crippen LogP contribution in [0.1, 0.15) is 20.3 Å². The number of carbonyl (C=O) groups excluding carboxylic acids is 1. The van der Waals surface area contributed by atoms with Crippen LogP contribution >= 0.6 is 11.8 Å². The Bertz CT molecular complexity index is 812. The topological polar surface area (TPSA) is 81.0 Å². The molecular formula is C16H17N3O3S. The highest BCUT2D eigenvalue weighted by molar-refractivity contribution is 8.00. The number of nitrogens with zero attached hydrogens (tertiary/aromatic N) is 2. The molecule has 120 valence electrons. The monoisotopic (exact) mass is 331 g/mol. The Kier molecular flexibility index (Phi) is 4.66. The lowest BCUT2D eigenvalue weighted by molar-refractivity contribution is -0.142. The Labute approximate surface area is 137 Å². The third-order valence-electron chi connectivity index (χ3n) is 3.39. The molecule has 3 aromatic rings. The number of fused-ring (bicyclic) bond motifs is 1. The van der Waals surface area contributed by atoms with Gasteiger partial charge in [-0.3, -0.25) is 4.79 Å². The zero-order chi connectivity index (χ0) is 16.2. The molecule has 23 heavy (non-hydrogen) atoms. The van der Waals surface area contributed by atoms with Crippen LogP contribution in [-0.2, 0) is 9.53 Å². The number of carbonyl (C=O) groups is 1. The first-order valence-corrected chi connectivity index (χ1v) is 8.34. The van der Waals surface area contributed by atoms with Crippen molar-refractivity contribution in [3.05, 3.63) is 30.5 Å². The highest BCUT2D eigenvalue weighted by atomic mass is 32.2. The smallest absolute Gasteiger partial charge is 0.319 e. The van der Waals surface area contributed by atoms with Crippen molar-refractivity contribution < 1.29 is 13.9 Å². The Morgan fingerprint density at radius 3 is 2.96 bits per heavy atom. The summed E-state index contributed by atoms with van der Waals surface area (Å²) in [7, 11) is 0. The average Bonchev–Trinajstić information content (AvgIpc) is 3.19. The minimum absolute atomic E-state index is 0.258. The van der Waals surface area contributed by atoms with Crippen LogP contribution in [0, 0.1) is 0 Å². The second-order valence-corrected chi connectivity index (χ2v) is 6.04. The van der Waals surface area contributed by atoms with Crippen molar-refractivity contribution in [1.29, 1.82) is 0 Å². The van der Waals surface area contributed by atoms with Crippen molar-refractivity contribution in [2.75, 3.05) is 6.61 Å². The van der Waals surface area contributed by atoms with E-state index >= 15 is 0 Å². The van der Waals surface area contributed by atoms with E-state index < -0.39 is 0 Å². The number of esters is 1. The second kappa shape index (κ2) is 6.87. The number of benzene rings is 1. The van der Waals surface area contributed by atoms with Gasteiger partial charge in [0.15, 0.2) is 0 Å². The van der Waals surface area contributed by atoms with Crippen LogP contribution in [-0.4, -0.2) is 33.0 Å². The number of nitrogens with one attached hydrogen (secondary N) is 1. The molecule has 0 amide bonds. The van der Waals surface area contributed by atoms with Crippen molar-refractivity contribution in [3.63, 3.8) is 0 Å². The predicted molar refractivity (Wildman–Crippen MR) is 88.2 cm³/mol. The first-order chi connectivity index (χ1) is 11.2. The lowest BCUT2D eigenvalue weighted by atomic mass is 10.2. The van der Waals surface area contributed by atoms with Crippen LogP contribution in [0.3, 0.4) is 0 Å². The van der Waals surface area contributed by atoms with Gasteiger partial charge in [0.1, 0.15) is 5.25 Å². The number of aromatic nitrogens is 3. The van der Waals surface area contributed by atoms with E-state index in [2.05, 4.69) is 15.2 Å². The molecule has 6 nitrogen and oxygen atoms in total. The van der Waals surface area contributed by atoms with Gasteiger partial charge < -0.3 is 14.1 Å². The van der Waals surface area contributed by atoms with Gasteiger partial charge in [0.2, 0.25) is 0 Å². The van der Waals surface area contributed by atoms with E-state index in [1.807, 2.05) is 37.4 Å². The molecule has 3 rings (SSSR count). The van der Waals surface area contributed by atoms with Gasteiger partial charge in [-0.15, -0.1) is 10.2 Å². The summed E-state index contributed by atoms with van der Waals surface area (Å²) in [6.45, 7) is 4.07. The predicted octanol–water partition coefficient (Wildman–Crippen LogP) is 3.65. The fraction of sp³-hybridized carbons (Fsp3) is 0.312. The molecule has 0 bridgehead atoms. The molecule has 1 atom stereocenters. The fourth-order valence-electron chi connectivity index (χ4n) is 2.27. The third-order valence-corrected chi connectivity index (χ3v) is 4.57. The number of H-pyrrole nitrogens is 1. The Hall–Kier alpha value is -2.28. The molecule has 0 aliphatic rings. The second-order valence-electron chi connectivity index (χ2n) is 4.89. The van der Waals surface area contributed by atoms with Gasteiger partial charge in [0.25, 0.3) is 11.1 Å². The van der Waals surface area contributed by atoms with Crippen LogP contribution in [0.25, 0.3) is 22.4 Å². The molecule has 2 heterocycles. The number of rotatable bonds is 6. The summed E-state index contributed by atoms with van der Waals surface area (Å²) in [6, 6.07) is 7.90. The molecular weight excluding hydrogens is 314 g/mol. The van der Waals surface area contributed by atoms with Gasteiger partial charge in [-0.25, -0.2) is 0 Å². The van der Waals surface area contributed by atoms with Crippen LogP contribution < -0.4 is 0 Å². The lowest BCUT2D eigenvalue weighted by Gasteiger charge is -2.09. The van der Waals surface area contributed by atoms with Crippen LogP contribution in [0.15, 0.2) is 40.1 Å². The molecule has 0 fully saturated rings. The average molecular weight is 331 g/mol. The first-order valence-electron chi connectivity index (χ1n) is 7.46. The zero-order valence-corrected chi connectivity index (χ0v) is 13.7. The van der Waals surface area contributed by atoms with E-state index in [0.717, 1.165) is 16.5 Å². The van der Waals surface area contributed by atoms with Crippen LogP contribution in [0.4, 0.5) is 0 Å². The Morgan fingerprint density at radius 2 is 2.17 bits per heavy atom. The number of hydrogen-bond donors (Lipinski definition) is 1. The molecule has 7 heteroatoms. The summed E-state index contributed by atoms with van der Waals surface area (Å²) in [5.41, 5.74) is 1.86. The number of thioether (sulfide) groups is 1. The highest BCUT2D eigenvalue weighted by Crippen LogP contribution is 2.31. The van der Waals surface area contributed by atoms with Crippen molar-refractivity contribution in [3.8, 4) is 11.5 Å². The van der Waals surface area contributed by atoms with Gasteiger partial charge in [0, 0.05) is 17.1 Å². The van der Waals surface area contributed by atoms with Gasteiger partial charge >= 0.3 is 5.97 Å². The Balaban J connectivity index is 1.81. The summed E-state index contributed by atoms with van der Waals surface area (Å²) >= 11 is 1.24. The number of aromatic amines is 1. The highest BCUT2D eigenvalue weighted by Gasteiger charge is 2.23. The first kappa shape index (κ1) is 15.6. The molecule has 0 aliphatic heterocycles. The van der Waals surface area contributed by atoms with E-state index in [0.29, 0.717) is 24.1 Å². The zero-order valence-electron chi connectivity index (χ0n) is 12.9. The van der Waals surface area contributed by atoms with E-state index in [-0.39, 0.29) is 11.2 Å². The molecule has 0 aliphatic carbocycles. The van der Waals surface area contributed by atoms with Gasteiger partial charge in [-0.2, -0.15) is 0 Å². The normalized spacial score (nSPS) is 12.4. The molecule has 1 aromatic carbocycles. The minimum Gasteiger partial charge on any atom is -0.465 e. The number of ether oxygens (including phenoxy) is 1. The summed E-state index contributed by atoms with van der Waals surface area (Å²) in [4.78, 5) is 15.0. The molecule has 0 unspecified atom stereocenters. The summed E-state index contributed by atoms with van der Waals surface area (Å²) in [5.74, 6) is 0.176. The minimum atomic E-state index is -0.341. The fourth-order valence-corrected chi connectivity index (χ4v) is 3.06. The Morgan fingerprint density at radius 1 is 1.35 bits per heavy atom. The SMILES string of the molecule is CCOC(=O)[C@@H](CC)Sc1nnc(-c2c[nH]c3ccccc23)o1. The van der Waals surface area contributed by atoms with E-state index in [1.165, 1.54) is 11.8 Å². The largest absolute Gasteiger partial charge is 0.465 e. The van der Waals surface area contributed by atoms with Gasteiger partial charge in [0.05, 0.1) is 12.2 Å². The molecule has 0 saturated carbocycles. The van der Waals surface area contributed by atoms with E-state index in [4.69, 9.17) is 9.15 Å². The van der Waals surface area contributed by atoms with E-state index in [1.54, 1.807) is 6.92 Å². The van der Waals surface area contributed by atoms with Crippen molar-refractivity contribution in [2.24, 2.45) is 0 Å². The van der Waals surface area contributed by atoms with Crippen molar-refractivity contribution >= 4 is 28.6 Å². The summed E-state index contributed by atoms with van der Waals surface area (Å²) in [6.07, 6.45) is 2.48. The standard InChI is InChI=1S/C16H17N3O3S/c1-3-13(15(20)21-4-2)23-16-19-18-14(22-16)11-9-17-12-8-6-5-7-10(11)12/h5-9,13,17H,3-4H2,1-2H3/t13-/m1/s1. The number of para-hydroxylation sites is 1. The van der Waals surface area contributed by atoms with Gasteiger partial charge in [-0.1, -0.05) is 36.9 Å². The molecule has 0 spiro atoms. The van der Waals surface area contributed by atoms with E-state index in [9.17, 15) is 4.79 Å². The number of hydrogen-bond acceptors (Lipinski definition) is 6. The maximum atomic E-state index is 11.9. The maximum Gasteiger partial charge on any atom is 0.319 e. The molecule has 2 aromatic heterocycles. The summed E-state index contributed by atoms with van der Waals surface area (Å²) < 4.78 is 10.8. The van der Waals surface area contributed by atoms with Gasteiger partial charge in [-0.05, 0) is 19.4 Å². The molecule has 0 radical (unpaired) electrons. The third kappa shape index (κ3) is 3.24. The van der Waals surface area contributed by atoms with Crippen molar-refractivity contribution in [1.82, 2.24) is 15.2 Å². The van der Waals surface area contributed by atoms with Crippen LogP contribution in [0.5, 0.6) is 0 Å². The lowest BCUT2D eigenvalue weighted by Crippen LogP contribution is -2.19.